The molecule has 0 saturated heterocycles. The van der Waals surface area contributed by atoms with Crippen LogP contribution in [0.4, 0.5) is 22.7 Å². The molecule has 0 fully saturated rings. The molecule has 7 aromatic carbocycles. The zero-order valence-corrected chi connectivity index (χ0v) is 23.8. The third kappa shape index (κ3) is 3.90. The van der Waals surface area contributed by atoms with Gasteiger partial charge in [0.15, 0.2) is 8.37 Å². The van der Waals surface area contributed by atoms with Gasteiger partial charge in [0.05, 0.1) is 22.7 Å². The molecule has 7 aromatic rings. The maximum absolute atomic E-state index is 7.41. The lowest BCUT2D eigenvalue weighted by molar-refractivity contribution is 1.45. The van der Waals surface area contributed by atoms with E-state index in [1.165, 1.54) is 43.8 Å². The number of nitrogens with zero attached hydrogens (tertiary/aromatic N) is 2. The van der Waals surface area contributed by atoms with E-state index in [4.69, 9.17) is 5.50 Å². The minimum absolute atomic E-state index is 1.12. The highest BCUT2D eigenvalue weighted by Crippen LogP contribution is 2.63. The molecule has 0 aliphatic carbocycles. The molecule has 4 heteroatoms. The summed E-state index contributed by atoms with van der Waals surface area (Å²) >= 11 is 0. The van der Waals surface area contributed by atoms with E-state index in [2.05, 4.69) is 167 Å². The van der Waals surface area contributed by atoms with Crippen molar-refractivity contribution in [3.05, 3.63) is 158 Å². The maximum atomic E-state index is 7.41. The molecule has 0 aromatic heterocycles. The number of nitrogens with two attached hydrogens (primary N) is 1. The summed E-state index contributed by atoms with van der Waals surface area (Å²) in [6, 6.07) is 56.1. The quantitative estimate of drug-likeness (QED) is 0.219. The fourth-order valence-electron chi connectivity index (χ4n) is 6.32. The van der Waals surface area contributed by atoms with Gasteiger partial charge in [0, 0.05) is 10.8 Å². The van der Waals surface area contributed by atoms with Crippen molar-refractivity contribution in [1.82, 2.24) is 0 Å². The van der Waals surface area contributed by atoms with Crippen LogP contribution in [-0.2, 0) is 0 Å². The van der Waals surface area contributed by atoms with Gasteiger partial charge in [-0.3, -0.25) is 14.8 Å². The normalized spacial score (nSPS) is 13.2. The second kappa shape index (κ2) is 10.2. The number of hydrogen-bond acceptors (Lipinski definition) is 3. The molecule has 0 atom stereocenters. The van der Waals surface area contributed by atoms with E-state index in [9.17, 15) is 0 Å². The van der Waals surface area contributed by atoms with Crippen LogP contribution < -0.4 is 14.8 Å². The van der Waals surface area contributed by atoms with Gasteiger partial charge < -0.3 is 0 Å². The third-order valence-electron chi connectivity index (χ3n) is 8.14. The van der Waals surface area contributed by atoms with E-state index in [1.807, 2.05) is 0 Å². The van der Waals surface area contributed by atoms with Gasteiger partial charge in [0.25, 0.3) is 0 Å². The molecule has 8 rings (SSSR count). The molecule has 1 aliphatic heterocycles. The van der Waals surface area contributed by atoms with Crippen molar-refractivity contribution in [2.24, 2.45) is 5.50 Å². The van der Waals surface area contributed by atoms with E-state index in [0.29, 0.717) is 0 Å². The molecular weight excluding hydrogens is 529 g/mol. The molecule has 1 heterocycles. The summed E-state index contributed by atoms with van der Waals surface area (Å²) in [6.07, 6.45) is 0. The first-order valence-electron chi connectivity index (χ1n) is 14.2. The predicted molar refractivity (Wildman–Crippen MR) is 181 cm³/mol. The van der Waals surface area contributed by atoms with Gasteiger partial charge >= 0.3 is 0 Å². The maximum Gasteiger partial charge on any atom is 0.182 e. The summed E-state index contributed by atoms with van der Waals surface area (Å²) in [5.41, 5.74) is 16.7. The minimum Gasteiger partial charge on any atom is -0.287 e. The lowest BCUT2D eigenvalue weighted by Crippen LogP contribution is -2.19. The zero-order chi connectivity index (χ0) is 28.0. The number of para-hydroxylation sites is 2. The third-order valence-corrected chi connectivity index (χ3v) is 9.82. The summed E-state index contributed by atoms with van der Waals surface area (Å²) in [5, 5.41) is 4.82. The van der Waals surface area contributed by atoms with E-state index in [1.54, 1.807) is 0 Å². The van der Waals surface area contributed by atoms with Gasteiger partial charge in [-0.2, -0.15) is 0 Å². The second-order valence-electron chi connectivity index (χ2n) is 10.5. The van der Waals surface area contributed by atoms with Crippen molar-refractivity contribution < 1.29 is 0 Å². The highest BCUT2D eigenvalue weighted by molar-refractivity contribution is 7.60. The average Bonchev–Trinajstić information content (AvgIpc) is 3.35. The first kappa shape index (κ1) is 24.8. The highest BCUT2D eigenvalue weighted by Gasteiger charge is 2.38. The minimum atomic E-state index is -1.31. The largest absolute Gasteiger partial charge is 0.287 e. The predicted octanol–water partition coefficient (Wildman–Crippen LogP) is 10.8. The van der Waals surface area contributed by atoms with Crippen LogP contribution >= 0.6 is 8.37 Å². The first-order chi connectivity index (χ1) is 20.8. The summed E-state index contributed by atoms with van der Waals surface area (Å²) < 4.78 is 4.73. The Morgan fingerprint density at radius 3 is 1.14 bits per heavy atom. The van der Waals surface area contributed by atoms with Crippen molar-refractivity contribution in [3.63, 3.8) is 0 Å². The molecule has 0 radical (unpaired) electrons. The Morgan fingerprint density at radius 1 is 0.357 bits per heavy atom. The number of rotatable bonds is 4. The Hall–Kier alpha value is -4.95. The smallest absolute Gasteiger partial charge is 0.182 e. The Kier molecular flexibility index (Phi) is 6.00. The Bertz CT molecular complexity index is 1910. The summed E-state index contributed by atoms with van der Waals surface area (Å²) in [7, 11) is -1.31. The van der Waals surface area contributed by atoms with Gasteiger partial charge in [0.1, 0.15) is 0 Å². The summed E-state index contributed by atoms with van der Waals surface area (Å²) in [4.78, 5) is 0. The molecule has 2 N–H and O–H groups in total. The first-order valence-corrected chi connectivity index (χ1v) is 15.5. The molecule has 3 nitrogen and oxygen atoms in total. The molecule has 0 amide bonds. The van der Waals surface area contributed by atoms with Crippen molar-refractivity contribution in [1.29, 1.82) is 0 Å². The zero-order valence-electron chi connectivity index (χ0n) is 22.9. The van der Waals surface area contributed by atoms with Crippen LogP contribution in [0.25, 0.3) is 43.8 Å². The van der Waals surface area contributed by atoms with E-state index < -0.39 is 8.37 Å². The Labute approximate surface area is 247 Å². The summed E-state index contributed by atoms with van der Waals surface area (Å²) in [5.74, 6) is 0. The van der Waals surface area contributed by atoms with Crippen LogP contribution in [0.1, 0.15) is 0 Å². The average molecular weight is 558 g/mol. The number of fused-ring (bicyclic) bond motifs is 3. The van der Waals surface area contributed by atoms with Crippen LogP contribution in [0.3, 0.4) is 0 Å². The fourth-order valence-corrected chi connectivity index (χ4v) is 8.06. The second-order valence-corrected chi connectivity index (χ2v) is 12.0. The van der Waals surface area contributed by atoms with Gasteiger partial charge in [-0.25, -0.2) is 0 Å². The van der Waals surface area contributed by atoms with Crippen LogP contribution in [0.5, 0.6) is 0 Å². The SMILES string of the molecule is NP1N(c2cccc3cccc(-c4ccccc4)c23)c2ccccc2N1c1cccc2cccc(-c3ccccc3)c12. The number of benzene rings is 7. The van der Waals surface area contributed by atoms with Gasteiger partial charge in [-0.1, -0.05) is 133 Å². The lowest BCUT2D eigenvalue weighted by atomic mass is 9.96. The standard InChI is InChI=1S/C38H28N3P/c39-42-40(35-25-11-19-29-17-9-21-31(37(29)35)27-13-3-1-4-14-27)33-23-7-8-24-34(33)41(42)36-26-12-20-30-18-10-22-32(38(30)36)28-15-5-2-6-16-28/h1-26H,39H2. The van der Waals surface area contributed by atoms with Crippen LogP contribution in [0.2, 0.25) is 0 Å². The van der Waals surface area contributed by atoms with Crippen LogP contribution in [-0.4, -0.2) is 0 Å². The topological polar surface area (TPSA) is 32.5 Å². The molecule has 1 aliphatic rings. The van der Waals surface area contributed by atoms with Crippen molar-refractivity contribution in [3.8, 4) is 22.3 Å². The molecule has 0 bridgehead atoms. The highest BCUT2D eigenvalue weighted by atomic mass is 31.1. The number of anilines is 4. The molecular formula is C38H28N3P. The van der Waals surface area contributed by atoms with E-state index >= 15 is 0 Å². The molecule has 0 saturated carbocycles. The van der Waals surface area contributed by atoms with Gasteiger partial charge in [-0.15, -0.1) is 0 Å². The van der Waals surface area contributed by atoms with Gasteiger partial charge in [-0.05, 0) is 57.3 Å². The molecule has 200 valence electrons. The lowest BCUT2D eigenvalue weighted by Gasteiger charge is -2.31. The number of hydrogen-bond donors (Lipinski definition) is 1. The van der Waals surface area contributed by atoms with Crippen LogP contribution in [0.15, 0.2) is 158 Å². The summed E-state index contributed by atoms with van der Waals surface area (Å²) in [6.45, 7) is 0. The van der Waals surface area contributed by atoms with E-state index in [0.717, 1.165) is 22.7 Å². The monoisotopic (exact) mass is 557 g/mol. The van der Waals surface area contributed by atoms with Crippen molar-refractivity contribution in [2.45, 2.75) is 0 Å². The molecule has 42 heavy (non-hydrogen) atoms. The Morgan fingerprint density at radius 2 is 0.714 bits per heavy atom. The molecule has 0 spiro atoms. The molecule has 0 unspecified atom stereocenters. The van der Waals surface area contributed by atoms with Crippen LogP contribution in [0, 0.1) is 0 Å². The van der Waals surface area contributed by atoms with Crippen molar-refractivity contribution in [2.75, 3.05) is 9.34 Å². The van der Waals surface area contributed by atoms with E-state index in [-0.39, 0.29) is 0 Å². The Balaban J connectivity index is 1.37. The van der Waals surface area contributed by atoms with Crippen molar-refractivity contribution >= 4 is 52.7 Å². The fraction of sp³-hybridized carbons (Fsp3) is 0. The van der Waals surface area contributed by atoms with Gasteiger partial charge in [0.2, 0.25) is 0 Å².